The van der Waals surface area contributed by atoms with Crippen LogP contribution in [0.3, 0.4) is 0 Å². The molecule has 27 heavy (non-hydrogen) atoms. The minimum atomic E-state index is 0.346. The predicted molar refractivity (Wildman–Crippen MR) is 106 cm³/mol. The highest BCUT2D eigenvalue weighted by atomic mass is 16.5. The molecule has 0 bridgehead atoms. The van der Waals surface area contributed by atoms with Crippen molar-refractivity contribution in [3.05, 3.63) is 83.9 Å². The minimum absolute atomic E-state index is 0.346. The number of rotatable bonds is 5. The van der Waals surface area contributed by atoms with Gasteiger partial charge in [0.05, 0.1) is 6.20 Å². The number of aryl methyl sites for hydroxylation is 1. The molecule has 0 amide bonds. The Morgan fingerprint density at radius 2 is 1.96 bits per heavy atom. The summed E-state index contributed by atoms with van der Waals surface area (Å²) in [7, 11) is 0. The monoisotopic (exact) mass is 360 g/mol. The highest BCUT2D eigenvalue weighted by Gasteiger charge is 2.24. The first-order valence-corrected chi connectivity index (χ1v) is 9.32. The number of benzene rings is 1. The van der Waals surface area contributed by atoms with Crippen LogP contribution in [-0.4, -0.2) is 34.5 Å². The van der Waals surface area contributed by atoms with E-state index in [9.17, 15) is 0 Å². The highest BCUT2D eigenvalue weighted by Crippen LogP contribution is 2.28. The molecule has 3 aromatic rings. The molecule has 5 heteroatoms. The molecule has 3 heterocycles. The third kappa shape index (κ3) is 4.32. The summed E-state index contributed by atoms with van der Waals surface area (Å²) in [5.41, 5.74) is 3.68. The van der Waals surface area contributed by atoms with E-state index >= 15 is 0 Å². The van der Waals surface area contributed by atoms with Crippen LogP contribution in [0.5, 0.6) is 11.5 Å². The van der Waals surface area contributed by atoms with Crippen molar-refractivity contribution in [2.75, 3.05) is 19.6 Å². The average molecular weight is 360 g/mol. The summed E-state index contributed by atoms with van der Waals surface area (Å²) in [6.07, 6.45) is 7.27. The van der Waals surface area contributed by atoms with Crippen molar-refractivity contribution < 1.29 is 4.74 Å². The maximum absolute atomic E-state index is 5.95. The normalized spacial score (nSPS) is 17.6. The maximum atomic E-state index is 5.95. The molecule has 0 aliphatic carbocycles. The van der Waals surface area contributed by atoms with Crippen LogP contribution in [0.1, 0.15) is 22.7 Å². The van der Waals surface area contributed by atoms with E-state index in [1.807, 2.05) is 30.6 Å². The molecule has 1 N–H and O–H groups in total. The molecule has 1 unspecified atom stereocenters. The maximum Gasteiger partial charge on any atom is 0.145 e. The van der Waals surface area contributed by atoms with Gasteiger partial charge in [0, 0.05) is 50.8 Å². The van der Waals surface area contributed by atoms with Gasteiger partial charge in [-0.25, -0.2) is 0 Å². The zero-order chi connectivity index (χ0) is 18.5. The van der Waals surface area contributed by atoms with Gasteiger partial charge in [0.2, 0.25) is 0 Å². The number of hydrogen-bond acceptors (Lipinski definition) is 5. The summed E-state index contributed by atoms with van der Waals surface area (Å²) in [6.45, 7) is 5.98. The molecule has 1 saturated heterocycles. The third-order valence-electron chi connectivity index (χ3n) is 4.91. The van der Waals surface area contributed by atoms with Crippen molar-refractivity contribution >= 4 is 0 Å². The first kappa shape index (κ1) is 17.6. The summed E-state index contributed by atoms with van der Waals surface area (Å²) < 4.78 is 5.95. The van der Waals surface area contributed by atoms with Crippen LogP contribution in [0.15, 0.2) is 67.3 Å². The van der Waals surface area contributed by atoms with Crippen LogP contribution in [0, 0.1) is 6.92 Å². The van der Waals surface area contributed by atoms with E-state index in [0.717, 1.165) is 43.2 Å². The van der Waals surface area contributed by atoms with Crippen LogP contribution in [0.25, 0.3) is 0 Å². The van der Waals surface area contributed by atoms with Crippen molar-refractivity contribution in [2.24, 2.45) is 0 Å². The second-order valence-corrected chi connectivity index (χ2v) is 6.87. The second-order valence-electron chi connectivity index (χ2n) is 6.87. The quantitative estimate of drug-likeness (QED) is 0.751. The summed E-state index contributed by atoms with van der Waals surface area (Å²) in [5.74, 6) is 1.63. The fraction of sp³-hybridized carbons (Fsp3) is 0.273. The van der Waals surface area contributed by atoms with Gasteiger partial charge in [0.1, 0.15) is 11.5 Å². The van der Waals surface area contributed by atoms with E-state index in [-0.39, 0.29) is 0 Å². The topological polar surface area (TPSA) is 50.3 Å². The molecular weight excluding hydrogens is 336 g/mol. The second kappa shape index (κ2) is 8.29. The smallest absolute Gasteiger partial charge is 0.145 e. The molecule has 4 rings (SSSR count). The molecule has 1 aliphatic rings. The lowest BCUT2D eigenvalue weighted by Crippen LogP contribution is -2.45. The van der Waals surface area contributed by atoms with Crippen molar-refractivity contribution in [1.82, 2.24) is 20.2 Å². The zero-order valence-electron chi connectivity index (χ0n) is 15.5. The van der Waals surface area contributed by atoms with Gasteiger partial charge in [-0.3, -0.25) is 14.9 Å². The molecule has 2 aromatic heterocycles. The number of pyridine rings is 2. The Morgan fingerprint density at radius 3 is 2.70 bits per heavy atom. The molecule has 1 fully saturated rings. The van der Waals surface area contributed by atoms with Crippen LogP contribution < -0.4 is 10.1 Å². The van der Waals surface area contributed by atoms with E-state index in [2.05, 4.69) is 51.4 Å². The van der Waals surface area contributed by atoms with Gasteiger partial charge in [-0.15, -0.1) is 0 Å². The van der Waals surface area contributed by atoms with Crippen LogP contribution in [0.4, 0.5) is 0 Å². The molecule has 1 aromatic carbocycles. The van der Waals surface area contributed by atoms with Gasteiger partial charge in [-0.1, -0.05) is 18.2 Å². The van der Waals surface area contributed by atoms with Crippen LogP contribution in [0.2, 0.25) is 0 Å². The highest BCUT2D eigenvalue weighted by molar-refractivity contribution is 5.39. The first-order valence-electron chi connectivity index (χ1n) is 9.32. The van der Waals surface area contributed by atoms with Gasteiger partial charge < -0.3 is 10.1 Å². The molecule has 0 saturated carbocycles. The van der Waals surface area contributed by atoms with E-state index < -0.39 is 0 Å². The molecule has 138 valence electrons. The lowest BCUT2D eigenvalue weighted by molar-refractivity contribution is 0.153. The van der Waals surface area contributed by atoms with Crippen molar-refractivity contribution in [3.63, 3.8) is 0 Å². The fourth-order valence-corrected chi connectivity index (χ4v) is 3.53. The number of ether oxygens (including phenoxy) is 1. The zero-order valence-corrected chi connectivity index (χ0v) is 15.5. The van der Waals surface area contributed by atoms with Crippen LogP contribution >= 0.6 is 0 Å². The number of hydrogen-bond donors (Lipinski definition) is 1. The molecule has 1 aliphatic heterocycles. The summed E-state index contributed by atoms with van der Waals surface area (Å²) in [6, 6.07) is 14.7. The number of nitrogens with zero attached hydrogens (tertiary/aromatic N) is 3. The summed E-state index contributed by atoms with van der Waals surface area (Å²) in [5, 5.41) is 3.50. The number of aromatic nitrogens is 2. The van der Waals surface area contributed by atoms with E-state index in [4.69, 9.17) is 4.74 Å². The lowest BCUT2D eigenvalue weighted by Gasteiger charge is -2.36. The molecule has 0 radical (unpaired) electrons. The largest absolute Gasteiger partial charge is 0.455 e. The van der Waals surface area contributed by atoms with Gasteiger partial charge in [0.25, 0.3) is 0 Å². The third-order valence-corrected chi connectivity index (χ3v) is 4.91. The van der Waals surface area contributed by atoms with Crippen LogP contribution in [-0.2, 0) is 6.54 Å². The van der Waals surface area contributed by atoms with Crippen molar-refractivity contribution in [1.29, 1.82) is 0 Å². The minimum Gasteiger partial charge on any atom is -0.455 e. The Hall–Kier alpha value is -2.76. The summed E-state index contributed by atoms with van der Waals surface area (Å²) in [4.78, 5) is 10.9. The Kier molecular flexibility index (Phi) is 5.42. The standard InChI is InChI=1S/C22H24N4O/c1-17-12-18(6-7-22(17)27-20-5-3-9-24-14-20)16-26-11-10-25-15-21(26)19-4-2-8-23-13-19/h2-9,12-14,21,25H,10-11,15-16H2,1H3. The van der Waals surface area contributed by atoms with Gasteiger partial charge in [-0.2, -0.15) is 0 Å². The van der Waals surface area contributed by atoms with Gasteiger partial charge >= 0.3 is 0 Å². The van der Waals surface area contributed by atoms with E-state index in [0.29, 0.717) is 6.04 Å². The molecule has 5 nitrogen and oxygen atoms in total. The molecule has 1 atom stereocenters. The Bertz CT molecular complexity index is 870. The lowest BCUT2D eigenvalue weighted by atomic mass is 10.0. The number of nitrogens with one attached hydrogen (secondary N) is 1. The SMILES string of the molecule is Cc1cc(CN2CCNCC2c2cccnc2)ccc1Oc1cccnc1. The number of piperazine rings is 1. The Balaban J connectivity index is 1.49. The van der Waals surface area contributed by atoms with Crippen molar-refractivity contribution in [2.45, 2.75) is 19.5 Å². The van der Waals surface area contributed by atoms with Gasteiger partial charge in [0.15, 0.2) is 0 Å². The first-order chi connectivity index (χ1) is 13.3. The van der Waals surface area contributed by atoms with Crippen molar-refractivity contribution in [3.8, 4) is 11.5 Å². The Morgan fingerprint density at radius 1 is 1.11 bits per heavy atom. The van der Waals surface area contributed by atoms with Gasteiger partial charge in [-0.05, 0) is 47.9 Å². The average Bonchev–Trinajstić information content (AvgIpc) is 2.72. The Labute approximate surface area is 160 Å². The molecule has 0 spiro atoms. The molecular formula is C22H24N4O. The fourth-order valence-electron chi connectivity index (χ4n) is 3.53. The van der Waals surface area contributed by atoms with E-state index in [1.165, 1.54) is 11.1 Å². The predicted octanol–water partition coefficient (Wildman–Crippen LogP) is 3.72. The summed E-state index contributed by atoms with van der Waals surface area (Å²) >= 11 is 0. The van der Waals surface area contributed by atoms with E-state index in [1.54, 1.807) is 12.4 Å².